The number of hydrogen-bond acceptors (Lipinski definition) is 8. The minimum absolute atomic E-state index is 0.358. The lowest BCUT2D eigenvalue weighted by molar-refractivity contribution is -0.143. The van der Waals surface area contributed by atoms with E-state index in [0.717, 1.165) is 0 Å². The summed E-state index contributed by atoms with van der Waals surface area (Å²) in [5, 5.41) is 42.5. The molecule has 0 spiro atoms. The largest absolute Gasteiger partial charge is 0.481 e. The number of nitrogens with one attached hydrogen (secondary N) is 3. The third-order valence-electron chi connectivity index (χ3n) is 3.65. The molecule has 28 heavy (non-hydrogen) atoms. The van der Waals surface area contributed by atoms with E-state index in [-0.39, 0.29) is 6.42 Å². The lowest BCUT2D eigenvalue weighted by Crippen LogP contribution is -2.58. The highest BCUT2D eigenvalue weighted by atomic mass is 16.4. The molecule has 0 aromatic carbocycles. The molecule has 0 aromatic rings. The molecular formula is C15H26N4O9. The van der Waals surface area contributed by atoms with Gasteiger partial charge < -0.3 is 42.1 Å². The van der Waals surface area contributed by atoms with Gasteiger partial charge in [-0.2, -0.15) is 0 Å². The first-order valence-electron chi connectivity index (χ1n) is 8.30. The van der Waals surface area contributed by atoms with E-state index in [0.29, 0.717) is 0 Å². The standard InChI is InChI=1S/C15H26N4O9/c1-6(12(24)18-8(15(27)28)3-4-10(22)23)17-13(25)9(5-20)19-14(26)11(16)7(2)21/h6-9,11,20-21H,3-5,16H2,1-2H3,(H,17,25)(H,18,24)(H,19,26)(H,22,23)(H,27,28). The van der Waals surface area contributed by atoms with Crippen LogP contribution in [-0.2, 0) is 24.0 Å². The van der Waals surface area contributed by atoms with Gasteiger partial charge in [-0.15, -0.1) is 0 Å². The Morgan fingerprint density at radius 3 is 1.86 bits per heavy atom. The summed E-state index contributed by atoms with van der Waals surface area (Å²) in [7, 11) is 0. The van der Waals surface area contributed by atoms with Crippen molar-refractivity contribution in [2.24, 2.45) is 5.73 Å². The molecule has 3 amide bonds. The van der Waals surface area contributed by atoms with Crippen LogP contribution in [0.25, 0.3) is 0 Å². The molecule has 0 aromatic heterocycles. The minimum Gasteiger partial charge on any atom is -0.481 e. The predicted octanol–water partition coefficient (Wildman–Crippen LogP) is -3.89. The minimum atomic E-state index is -1.47. The van der Waals surface area contributed by atoms with Crippen LogP contribution in [0.15, 0.2) is 0 Å². The van der Waals surface area contributed by atoms with Crippen LogP contribution >= 0.6 is 0 Å². The molecule has 0 rings (SSSR count). The Hall–Kier alpha value is -2.77. The second-order valence-electron chi connectivity index (χ2n) is 6.07. The van der Waals surface area contributed by atoms with E-state index < -0.39 is 73.0 Å². The molecule has 5 atom stereocenters. The van der Waals surface area contributed by atoms with Gasteiger partial charge in [0, 0.05) is 6.42 Å². The molecule has 0 radical (unpaired) electrons. The van der Waals surface area contributed by atoms with Crippen LogP contribution in [0, 0.1) is 0 Å². The van der Waals surface area contributed by atoms with Crippen molar-refractivity contribution in [3.05, 3.63) is 0 Å². The number of aliphatic carboxylic acids is 2. The van der Waals surface area contributed by atoms with E-state index in [1.165, 1.54) is 13.8 Å². The summed E-state index contributed by atoms with van der Waals surface area (Å²) < 4.78 is 0. The van der Waals surface area contributed by atoms with Crippen LogP contribution in [0.4, 0.5) is 0 Å². The number of carbonyl (C=O) groups excluding carboxylic acids is 3. The number of hydrogen-bond donors (Lipinski definition) is 8. The van der Waals surface area contributed by atoms with Gasteiger partial charge in [-0.05, 0) is 20.3 Å². The lowest BCUT2D eigenvalue weighted by Gasteiger charge is -2.22. The summed E-state index contributed by atoms with van der Waals surface area (Å²) in [6, 6.07) is -5.53. The second kappa shape index (κ2) is 11.8. The Morgan fingerprint density at radius 2 is 1.43 bits per heavy atom. The molecular weight excluding hydrogens is 380 g/mol. The zero-order valence-electron chi connectivity index (χ0n) is 15.4. The van der Waals surface area contributed by atoms with E-state index in [1.807, 2.05) is 0 Å². The van der Waals surface area contributed by atoms with Crippen molar-refractivity contribution in [1.82, 2.24) is 16.0 Å². The number of aliphatic hydroxyl groups excluding tert-OH is 2. The van der Waals surface area contributed by atoms with E-state index in [4.69, 9.17) is 15.9 Å². The number of carbonyl (C=O) groups is 5. The lowest BCUT2D eigenvalue weighted by atomic mass is 10.1. The molecule has 160 valence electrons. The van der Waals surface area contributed by atoms with Crippen LogP contribution in [0.1, 0.15) is 26.7 Å². The number of amides is 3. The summed E-state index contributed by atoms with van der Waals surface area (Å²) in [5.74, 6) is -5.44. The van der Waals surface area contributed by atoms with Gasteiger partial charge in [-0.1, -0.05) is 0 Å². The van der Waals surface area contributed by atoms with Gasteiger partial charge in [0.1, 0.15) is 24.2 Å². The van der Waals surface area contributed by atoms with Gasteiger partial charge >= 0.3 is 11.9 Å². The predicted molar refractivity (Wildman–Crippen MR) is 92.7 cm³/mol. The number of aliphatic hydroxyl groups is 2. The van der Waals surface area contributed by atoms with Crippen LogP contribution in [-0.4, -0.2) is 87.0 Å². The zero-order chi connectivity index (χ0) is 22.0. The van der Waals surface area contributed by atoms with Crippen LogP contribution in [0.5, 0.6) is 0 Å². The first-order valence-corrected chi connectivity index (χ1v) is 8.30. The summed E-state index contributed by atoms with van der Waals surface area (Å²) in [5.41, 5.74) is 5.41. The van der Waals surface area contributed by atoms with Crippen molar-refractivity contribution in [3.8, 4) is 0 Å². The van der Waals surface area contributed by atoms with Gasteiger partial charge in [-0.3, -0.25) is 19.2 Å². The average molecular weight is 406 g/mol. The molecule has 0 fully saturated rings. The van der Waals surface area contributed by atoms with Gasteiger partial charge in [0.2, 0.25) is 17.7 Å². The molecule has 13 nitrogen and oxygen atoms in total. The van der Waals surface area contributed by atoms with Crippen LogP contribution < -0.4 is 21.7 Å². The Morgan fingerprint density at radius 1 is 0.893 bits per heavy atom. The van der Waals surface area contributed by atoms with Crippen molar-refractivity contribution in [1.29, 1.82) is 0 Å². The number of carboxylic acid groups (broad SMARTS) is 2. The fourth-order valence-electron chi connectivity index (χ4n) is 1.88. The van der Waals surface area contributed by atoms with Gasteiger partial charge in [0.15, 0.2) is 0 Å². The summed E-state index contributed by atoms with van der Waals surface area (Å²) >= 11 is 0. The van der Waals surface area contributed by atoms with E-state index in [2.05, 4.69) is 16.0 Å². The molecule has 0 saturated carbocycles. The maximum atomic E-state index is 12.1. The first-order chi connectivity index (χ1) is 12.9. The number of nitrogens with two attached hydrogens (primary N) is 1. The Kier molecular flexibility index (Phi) is 10.7. The Balaban J connectivity index is 4.82. The van der Waals surface area contributed by atoms with Crippen molar-refractivity contribution >= 4 is 29.7 Å². The third kappa shape index (κ3) is 8.75. The Bertz CT molecular complexity index is 596. The highest BCUT2D eigenvalue weighted by molar-refractivity contribution is 5.94. The van der Waals surface area contributed by atoms with Crippen molar-refractivity contribution < 1.29 is 44.4 Å². The maximum absolute atomic E-state index is 12.1. The highest BCUT2D eigenvalue weighted by Gasteiger charge is 2.29. The molecule has 0 heterocycles. The quantitative estimate of drug-likeness (QED) is 0.157. The molecule has 5 unspecified atom stereocenters. The smallest absolute Gasteiger partial charge is 0.326 e. The van der Waals surface area contributed by atoms with Crippen molar-refractivity contribution in [3.63, 3.8) is 0 Å². The molecule has 0 aliphatic heterocycles. The molecule has 0 aliphatic carbocycles. The molecule has 13 heteroatoms. The number of rotatable bonds is 12. The second-order valence-corrected chi connectivity index (χ2v) is 6.07. The zero-order valence-corrected chi connectivity index (χ0v) is 15.4. The summed E-state index contributed by atoms with van der Waals surface area (Å²) in [4.78, 5) is 57.5. The maximum Gasteiger partial charge on any atom is 0.326 e. The number of carboxylic acids is 2. The van der Waals surface area contributed by atoms with Gasteiger partial charge in [-0.25, -0.2) is 4.79 Å². The van der Waals surface area contributed by atoms with E-state index >= 15 is 0 Å². The monoisotopic (exact) mass is 406 g/mol. The fourth-order valence-corrected chi connectivity index (χ4v) is 1.88. The van der Waals surface area contributed by atoms with E-state index in [9.17, 15) is 34.2 Å². The van der Waals surface area contributed by atoms with E-state index in [1.54, 1.807) is 0 Å². The SMILES string of the molecule is CC(NC(=O)C(CO)NC(=O)C(N)C(C)O)C(=O)NC(CCC(=O)O)C(=O)O. The normalized spacial score (nSPS) is 16.0. The third-order valence-corrected chi connectivity index (χ3v) is 3.65. The van der Waals surface area contributed by atoms with Gasteiger partial charge in [0.05, 0.1) is 12.7 Å². The Labute approximate surface area is 160 Å². The fraction of sp³-hybridized carbons (Fsp3) is 0.667. The van der Waals surface area contributed by atoms with Crippen LogP contribution in [0.2, 0.25) is 0 Å². The van der Waals surface area contributed by atoms with Crippen molar-refractivity contribution in [2.45, 2.75) is 57.0 Å². The summed E-state index contributed by atoms with van der Waals surface area (Å²) in [6.45, 7) is 1.66. The molecule has 0 saturated heterocycles. The highest BCUT2D eigenvalue weighted by Crippen LogP contribution is 2.00. The molecule has 0 aliphatic rings. The average Bonchev–Trinajstić information content (AvgIpc) is 2.60. The first kappa shape index (κ1) is 25.2. The van der Waals surface area contributed by atoms with Gasteiger partial charge in [0.25, 0.3) is 0 Å². The van der Waals surface area contributed by atoms with Crippen LogP contribution in [0.3, 0.4) is 0 Å². The molecule has 0 bridgehead atoms. The topological polar surface area (TPSA) is 228 Å². The summed E-state index contributed by atoms with van der Waals surface area (Å²) in [6.07, 6.45) is -2.05. The van der Waals surface area contributed by atoms with Crippen molar-refractivity contribution in [2.75, 3.05) is 6.61 Å². The molecule has 9 N–H and O–H groups in total.